The molecule has 0 aromatic rings. The average Bonchev–Trinajstić information content (AvgIpc) is 2.05. The zero-order chi connectivity index (χ0) is 8.27. The smallest absolute Gasteiger partial charge is 0.179 e. The van der Waals surface area contributed by atoms with Gasteiger partial charge in [-0.1, -0.05) is 0 Å². The van der Waals surface area contributed by atoms with Crippen LogP contribution in [0.15, 0.2) is 0 Å². The summed E-state index contributed by atoms with van der Waals surface area (Å²) in [4.78, 5) is 11.1. The SMILES string of the molecule is CC(O)C(=O)C1CNCCN1. The van der Waals surface area contributed by atoms with E-state index in [9.17, 15) is 4.79 Å². The first-order valence-electron chi connectivity index (χ1n) is 3.87. The summed E-state index contributed by atoms with van der Waals surface area (Å²) in [5.74, 6) is -0.128. The summed E-state index contributed by atoms with van der Waals surface area (Å²) < 4.78 is 0. The molecule has 64 valence electrons. The number of carbonyl (C=O) groups excluding carboxylic acids is 1. The normalized spacial score (nSPS) is 28.0. The fourth-order valence-electron chi connectivity index (χ4n) is 1.15. The molecule has 1 aliphatic rings. The first-order valence-corrected chi connectivity index (χ1v) is 3.87. The Morgan fingerprint density at radius 2 is 2.36 bits per heavy atom. The maximum absolute atomic E-state index is 11.1. The molecule has 4 nitrogen and oxygen atoms in total. The Morgan fingerprint density at radius 3 is 2.82 bits per heavy atom. The van der Waals surface area contributed by atoms with Crippen molar-refractivity contribution in [1.82, 2.24) is 10.6 Å². The number of hydrogen-bond donors (Lipinski definition) is 3. The van der Waals surface area contributed by atoms with Gasteiger partial charge >= 0.3 is 0 Å². The molecule has 1 saturated heterocycles. The van der Waals surface area contributed by atoms with E-state index in [1.807, 2.05) is 0 Å². The molecule has 2 unspecified atom stereocenters. The van der Waals surface area contributed by atoms with Crippen LogP contribution in [0.25, 0.3) is 0 Å². The molecule has 1 aliphatic heterocycles. The molecule has 1 heterocycles. The van der Waals surface area contributed by atoms with E-state index in [2.05, 4.69) is 10.6 Å². The summed E-state index contributed by atoms with van der Waals surface area (Å²) in [6, 6.07) is -0.205. The highest BCUT2D eigenvalue weighted by Crippen LogP contribution is 1.93. The average molecular weight is 158 g/mol. The van der Waals surface area contributed by atoms with Crippen LogP contribution in [0, 0.1) is 0 Å². The third-order valence-corrected chi connectivity index (χ3v) is 1.80. The Bertz CT molecular complexity index is 141. The van der Waals surface area contributed by atoms with Crippen molar-refractivity contribution >= 4 is 5.78 Å². The quantitative estimate of drug-likeness (QED) is 0.457. The first-order chi connectivity index (χ1) is 5.22. The Hall–Kier alpha value is -0.450. The molecular formula is C7H14N2O2. The van der Waals surface area contributed by atoms with Crippen LogP contribution in [0.5, 0.6) is 0 Å². The van der Waals surface area contributed by atoms with Gasteiger partial charge in [0.25, 0.3) is 0 Å². The van der Waals surface area contributed by atoms with Crippen LogP contribution in [0.2, 0.25) is 0 Å². The Kier molecular flexibility index (Phi) is 2.99. The van der Waals surface area contributed by atoms with Crippen LogP contribution in [0.1, 0.15) is 6.92 Å². The minimum absolute atomic E-state index is 0.128. The Morgan fingerprint density at radius 1 is 1.64 bits per heavy atom. The number of aliphatic hydroxyl groups is 1. The highest BCUT2D eigenvalue weighted by molar-refractivity contribution is 5.87. The van der Waals surface area contributed by atoms with Gasteiger partial charge in [0.15, 0.2) is 5.78 Å². The largest absolute Gasteiger partial charge is 0.386 e. The summed E-state index contributed by atoms with van der Waals surface area (Å²) in [5, 5.41) is 15.1. The van der Waals surface area contributed by atoms with Crippen molar-refractivity contribution < 1.29 is 9.90 Å². The lowest BCUT2D eigenvalue weighted by Crippen LogP contribution is -2.54. The number of Topliss-reactive ketones (excluding diaryl/α,β-unsaturated/α-hetero) is 1. The number of hydrogen-bond acceptors (Lipinski definition) is 4. The van der Waals surface area contributed by atoms with E-state index in [4.69, 9.17) is 5.11 Å². The molecule has 0 bridgehead atoms. The van der Waals surface area contributed by atoms with Gasteiger partial charge in [0.05, 0.1) is 6.04 Å². The lowest BCUT2D eigenvalue weighted by molar-refractivity contribution is -0.128. The third-order valence-electron chi connectivity index (χ3n) is 1.80. The van der Waals surface area contributed by atoms with Crippen LogP contribution in [-0.2, 0) is 4.79 Å². The van der Waals surface area contributed by atoms with E-state index in [-0.39, 0.29) is 11.8 Å². The highest BCUT2D eigenvalue weighted by atomic mass is 16.3. The van der Waals surface area contributed by atoms with Crippen LogP contribution in [0.4, 0.5) is 0 Å². The second-order valence-corrected chi connectivity index (χ2v) is 2.79. The molecule has 1 fully saturated rings. The van der Waals surface area contributed by atoms with Crippen LogP contribution < -0.4 is 10.6 Å². The first kappa shape index (κ1) is 8.64. The molecule has 3 N–H and O–H groups in total. The predicted octanol–water partition coefficient (Wildman–Crippen LogP) is -1.50. The molecule has 0 saturated carbocycles. The molecular weight excluding hydrogens is 144 g/mol. The van der Waals surface area contributed by atoms with Gasteiger partial charge in [-0.15, -0.1) is 0 Å². The Labute approximate surface area is 66.0 Å². The van der Waals surface area contributed by atoms with Gasteiger partial charge < -0.3 is 15.7 Å². The van der Waals surface area contributed by atoms with E-state index >= 15 is 0 Å². The molecule has 0 amide bonds. The maximum atomic E-state index is 11.1. The van der Waals surface area contributed by atoms with Gasteiger partial charge in [-0.25, -0.2) is 0 Å². The summed E-state index contributed by atoms with van der Waals surface area (Å²) >= 11 is 0. The van der Waals surface area contributed by atoms with E-state index in [0.29, 0.717) is 6.54 Å². The molecule has 0 aliphatic carbocycles. The molecule has 4 heteroatoms. The molecule has 11 heavy (non-hydrogen) atoms. The topological polar surface area (TPSA) is 61.4 Å². The van der Waals surface area contributed by atoms with Gasteiger partial charge in [-0.3, -0.25) is 4.79 Å². The maximum Gasteiger partial charge on any atom is 0.179 e. The molecule has 0 radical (unpaired) electrons. The van der Waals surface area contributed by atoms with Gasteiger partial charge in [0.1, 0.15) is 6.10 Å². The van der Waals surface area contributed by atoms with Crippen LogP contribution in [-0.4, -0.2) is 42.7 Å². The van der Waals surface area contributed by atoms with Crippen molar-refractivity contribution in [1.29, 1.82) is 0 Å². The van der Waals surface area contributed by atoms with Crippen molar-refractivity contribution in [3.8, 4) is 0 Å². The van der Waals surface area contributed by atoms with E-state index in [0.717, 1.165) is 13.1 Å². The number of aliphatic hydroxyl groups excluding tert-OH is 1. The lowest BCUT2D eigenvalue weighted by atomic mass is 10.1. The van der Waals surface area contributed by atoms with Gasteiger partial charge in [0.2, 0.25) is 0 Å². The van der Waals surface area contributed by atoms with Crippen molar-refractivity contribution in [2.75, 3.05) is 19.6 Å². The number of piperazine rings is 1. The fraction of sp³-hybridized carbons (Fsp3) is 0.857. The van der Waals surface area contributed by atoms with Crippen LogP contribution >= 0.6 is 0 Å². The zero-order valence-electron chi connectivity index (χ0n) is 6.63. The second kappa shape index (κ2) is 3.80. The minimum atomic E-state index is -0.854. The number of carbonyl (C=O) groups is 1. The highest BCUT2D eigenvalue weighted by Gasteiger charge is 2.23. The second-order valence-electron chi connectivity index (χ2n) is 2.79. The van der Waals surface area contributed by atoms with Crippen LogP contribution in [0.3, 0.4) is 0 Å². The molecule has 1 rings (SSSR count). The lowest BCUT2D eigenvalue weighted by Gasteiger charge is -2.24. The number of rotatable bonds is 2. The summed E-state index contributed by atoms with van der Waals surface area (Å²) in [6.07, 6.45) is -0.854. The predicted molar refractivity (Wildman–Crippen MR) is 41.3 cm³/mol. The van der Waals surface area contributed by atoms with E-state index in [1.165, 1.54) is 6.92 Å². The van der Waals surface area contributed by atoms with E-state index < -0.39 is 6.10 Å². The van der Waals surface area contributed by atoms with Gasteiger partial charge in [-0.05, 0) is 6.92 Å². The number of ketones is 1. The van der Waals surface area contributed by atoms with Crippen molar-refractivity contribution in [2.24, 2.45) is 0 Å². The Balaban J connectivity index is 2.39. The van der Waals surface area contributed by atoms with Gasteiger partial charge in [-0.2, -0.15) is 0 Å². The van der Waals surface area contributed by atoms with Crippen molar-refractivity contribution in [2.45, 2.75) is 19.1 Å². The number of nitrogens with one attached hydrogen (secondary N) is 2. The fourth-order valence-corrected chi connectivity index (χ4v) is 1.15. The van der Waals surface area contributed by atoms with Crippen molar-refractivity contribution in [3.63, 3.8) is 0 Å². The zero-order valence-corrected chi connectivity index (χ0v) is 6.63. The van der Waals surface area contributed by atoms with Gasteiger partial charge in [0, 0.05) is 19.6 Å². The summed E-state index contributed by atoms with van der Waals surface area (Å²) in [7, 11) is 0. The standard InChI is InChI=1S/C7H14N2O2/c1-5(10)7(11)6-4-8-2-3-9-6/h5-6,8-10H,2-4H2,1H3. The monoisotopic (exact) mass is 158 g/mol. The summed E-state index contributed by atoms with van der Waals surface area (Å²) in [6.45, 7) is 3.81. The summed E-state index contributed by atoms with van der Waals surface area (Å²) in [5.41, 5.74) is 0. The molecule has 0 spiro atoms. The molecule has 0 aromatic heterocycles. The molecule has 2 atom stereocenters. The minimum Gasteiger partial charge on any atom is -0.386 e. The van der Waals surface area contributed by atoms with E-state index in [1.54, 1.807) is 0 Å². The third kappa shape index (κ3) is 2.25. The molecule has 0 aromatic carbocycles. The van der Waals surface area contributed by atoms with Crippen molar-refractivity contribution in [3.05, 3.63) is 0 Å².